The lowest BCUT2D eigenvalue weighted by Crippen LogP contribution is -2.42. The number of carbonyl (C=O) groups is 2. The number of aromatic nitrogens is 2. The average Bonchev–Trinajstić information content (AvgIpc) is 3.09. The molecule has 28 heavy (non-hydrogen) atoms. The number of aryl methyl sites for hydroxylation is 1. The Morgan fingerprint density at radius 3 is 2.50 bits per heavy atom. The number of amides is 2. The second-order valence-electron chi connectivity index (χ2n) is 7.08. The van der Waals surface area contributed by atoms with Crippen LogP contribution in [0.1, 0.15) is 48.1 Å². The molecule has 1 aromatic heterocycles. The molecule has 3 rings (SSSR count). The Balaban J connectivity index is 0.00000280. The number of benzene rings is 1. The predicted molar refractivity (Wildman–Crippen MR) is 112 cm³/mol. The summed E-state index contributed by atoms with van der Waals surface area (Å²) in [6.07, 6.45) is 6.77. The van der Waals surface area contributed by atoms with Crippen molar-refractivity contribution in [2.24, 2.45) is 7.05 Å². The van der Waals surface area contributed by atoms with Crippen molar-refractivity contribution in [3.8, 4) is 0 Å². The lowest BCUT2D eigenvalue weighted by atomic mass is 10.0. The molecule has 1 saturated heterocycles. The minimum Gasteiger partial charge on any atom is -0.336 e. The van der Waals surface area contributed by atoms with E-state index in [1.54, 1.807) is 42.2 Å². The molecule has 1 aliphatic heterocycles. The first-order chi connectivity index (χ1) is 13.0. The van der Waals surface area contributed by atoms with Gasteiger partial charge in [0.05, 0.1) is 6.20 Å². The number of rotatable bonds is 5. The molecule has 0 radical (unpaired) electrons. The highest BCUT2D eigenvalue weighted by Gasteiger charge is 2.24. The van der Waals surface area contributed by atoms with Gasteiger partial charge in [-0.15, -0.1) is 12.4 Å². The molecule has 1 aliphatic rings. The first kappa shape index (κ1) is 21.9. The number of anilines is 1. The van der Waals surface area contributed by atoms with Gasteiger partial charge in [-0.1, -0.05) is 0 Å². The summed E-state index contributed by atoms with van der Waals surface area (Å²) in [7, 11) is 3.55. The van der Waals surface area contributed by atoms with E-state index in [4.69, 9.17) is 0 Å². The summed E-state index contributed by atoms with van der Waals surface area (Å²) in [4.78, 5) is 27.2. The van der Waals surface area contributed by atoms with Gasteiger partial charge in [0.2, 0.25) is 5.91 Å². The molecule has 1 aromatic carbocycles. The smallest absolute Gasteiger partial charge is 0.254 e. The summed E-state index contributed by atoms with van der Waals surface area (Å²) >= 11 is 0. The van der Waals surface area contributed by atoms with Crippen molar-refractivity contribution in [1.29, 1.82) is 0 Å². The van der Waals surface area contributed by atoms with E-state index < -0.39 is 6.04 Å². The van der Waals surface area contributed by atoms with Gasteiger partial charge >= 0.3 is 0 Å². The molecule has 2 aromatic rings. The molecule has 0 spiro atoms. The minimum atomic E-state index is -0.491. The van der Waals surface area contributed by atoms with Gasteiger partial charge in [-0.25, -0.2) is 0 Å². The quantitative estimate of drug-likeness (QED) is 0.801. The van der Waals surface area contributed by atoms with Crippen LogP contribution in [-0.2, 0) is 11.8 Å². The number of nitrogens with zero attached hydrogens (tertiary/aromatic N) is 3. The van der Waals surface area contributed by atoms with E-state index in [1.165, 1.54) is 6.42 Å². The maximum atomic E-state index is 12.7. The van der Waals surface area contributed by atoms with Crippen LogP contribution in [0.4, 0.5) is 5.69 Å². The molecule has 0 aliphatic carbocycles. The normalized spacial score (nSPS) is 17.5. The van der Waals surface area contributed by atoms with Crippen molar-refractivity contribution in [3.05, 3.63) is 47.8 Å². The van der Waals surface area contributed by atoms with Crippen LogP contribution in [0.15, 0.2) is 36.7 Å². The first-order valence-electron chi connectivity index (χ1n) is 9.37. The van der Waals surface area contributed by atoms with Crippen LogP contribution in [0.25, 0.3) is 0 Å². The van der Waals surface area contributed by atoms with Crippen LogP contribution in [-0.4, -0.2) is 46.1 Å². The molecule has 1 fully saturated rings. The molecule has 2 heterocycles. The number of piperidine rings is 1. The number of carbonyl (C=O) groups excluding carboxylic acids is 2. The summed E-state index contributed by atoms with van der Waals surface area (Å²) in [5.74, 6) is -0.113. The fraction of sp³-hybridized carbons (Fsp3) is 0.450. The van der Waals surface area contributed by atoms with Crippen molar-refractivity contribution in [2.45, 2.75) is 38.3 Å². The number of hydrogen-bond acceptors (Lipinski definition) is 4. The second kappa shape index (κ2) is 9.71. The zero-order chi connectivity index (χ0) is 19.4. The lowest BCUT2D eigenvalue weighted by molar-refractivity contribution is -0.118. The third-order valence-corrected chi connectivity index (χ3v) is 5.07. The number of likely N-dealkylation sites (tertiary alicyclic amines) is 1. The zero-order valence-corrected chi connectivity index (χ0v) is 17.3. The Kier molecular flexibility index (Phi) is 7.60. The SMILES string of the molecule is CNC(C(=O)Nc1ccc(C(=O)N2CCCCC2C)cc1)c1cnn(C)c1.Cl. The van der Waals surface area contributed by atoms with Crippen LogP contribution in [0.5, 0.6) is 0 Å². The number of hydrogen-bond donors (Lipinski definition) is 2. The molecular formula is C20H28ClN5O2. The fourth-order valence-electron chi connectivity index (χ4n) is 3.51. The van der Waals surface area contributed by atoms with Gasteiger partial charge in [-0.2, -0.15) is 5.10 Å². The van der Waals surface area contributed by atoms with Crippen molar-refractivity contribution < 1.29 is 9.59 Å². The standard InChI is InChI=1S/C20H27N5O2.ClH/c1-14-6-4-5-11-25(14)20(27)15-7-9-17(10-8-15)23-19(26)18(21-2)16-12-22-24(3)13-16;/h7-10,12-14,18,21H,4-6,11H2,1-3H3,(H,23,26);1H. The molecule has 0 bridgehead atoms. The Morgan fingerprint density at radius 1 is 1.21 bits per heavy atom. The third kappa shape index (κ3) is 4.91. The molecule has 2 atom stereocenters. The first-order valence-corrected chi connectivity index (χ1v) is 9.37. The van der Waals surface area contributed by atoms with Crippen molar-refractivity contribution >= 4 is 29.9 Å². The van der Waals surface area contributed by atoms with Crippen LogP contribution >= 0.6 is 12.4 Å². The van der Waals surface area contributed by atoms with Crippen molar-refractivity contribution in [2.75, 3.05) is 18.9 Å². The highest BCUT2D eigenvalue weighted by molar-refractivity contribution is 5.97. The second-order valence-corrected chi connectivity index (χ2v) is 7.08. The Bertz CT molecular complexity index is 805. The summed E-state index contributed by atoms with van der Waals surface area (Å²) in [5.41, 5.74) is 2.11. The lowest BCUT2D eigenvalue weighted by Gasteiger charge is -2.33. The zero-order valence-electron chi connectivity index (χ0n) is 16.5. The van der Waals surface area contributed by atoms with E-state index in [1.807, 2.05) is 18.1 Å². The van der Waals surface area contributed by atoms with Gasteiger partial charge in [-0.05, 0) is 57.5 Å². The van der Waals surface area contributed by atoms with E-state index in [2.05, 4.69) is 22.7 Å². The van der Waals surface area contributed by atoms with E-state index in [-0.39, 0.29) is 30.3 Å². The molecule has 152 valence electrons. The molecule has 2 amide bonds. The summed E-state index contributed by atoms with van der Waals surface area (Å²) in [6.45, 7) is 2.91. The van der Waals surface area contributed by atoms with Gasteiger partial charge < -0.3 is 15.5 Å². The van der Waals surface area contributed by atoms with Crippen LogP contribution < -0.4 is 10.6 Å². The topological polar surface area (TPSA) is 79.3 Å². The van der Waals surface area contributed by atoms with E-state index in [0.29, 0.717) is 11.3 Å². The fourth-order valence-corrected chi connectivity index (χ4v) is 3.51. The Morgan fingerprint density at radius 2 is 1.93 bits per heavy atom. The molecule has 2 unspecified atom stereocenters. The summed E-state index contributed by atoms with van der Waals surface area (Å²) in [6, 6.07) is 6.89. The highest BCUT2D eigenvalue weighted by atomic mass is 35.5. The molecule has 8 heteroatoms. The Labute approximate surface area is 171 Å². The van der Waals surface area contributed by atoms with Crippen LogP contribution in [0, 0.1) is 0 Å². The van der Waals surface area contributed by atoms with Gasteiger partial charge in [0.1, 0.15) is 6.04 Å². The minimum absolute atomic E-state index is 0. The maximum Gasteiger partial charge on any atom is 0.254 e. The van der Waals surface area contributed by atoms with Crippen LogP contribution in [0.2, 0.25) is 0 Å². The summed E-state index contributed by atoms with van der Waals surface area (Å²) < 4.78 is 1.66. The molecule has 0 saturated carbocycles. The van der Waals surface area contributed by atoms with Crippen molar-refractivity contribution in [1.82, 2.24) is 20.0 Å². The van der Waals surface area contributed by atoms with Gasteiger partial charge in [0, 0.05) is 42.6 Å². The average molecular weight is 406 g/mol. The number of halogens is 1. The summed E-state index contributed by atoms with van der Waals surface area (Å²) in [5, 5.41) is 10.0. The number of likely N-dealkylation sites (N-methyl/N-ethyl adjacent to an activating group) is 1. The van der Waals surface area contributed by atoms with Crippen LogP contribution in [0.3, 0.4) is 0 Å². The largest absolute Gasteiger partial charge is 0.336 e. The molecule has 7 nitrogen and oxygen atoms in total. The third-order valence-electron chi connectivity index (χ3n) is 5.07. The highest BCUT2D eigenvalue weighted by Crippen LogP contribution is 2.21. The van der Waals surface area contributed by atoms with Crippen molar-refractivity contribution in [3.63, 3.8) is 0 Å². The predicted octanol–water partition coefficient (Wildman–Crippen LogP) is 2.76. The maximum absolute atomic E-state index is 12.7. The molecular weight excluding hydrogens is 378 g/mol. The van der Waals surface area contributed by atoms with E-state index in [0.717, 1.165) is 24.9 Å². The molecule has 2 N–H and O–H groups in total. The van der Waals surface area contributed by atoms with E-state index >= 15 is 0 Å². The van der Waals surface area contributed by atoms with Gasteiger partial charge in [-0.3, -0.25) is 14.3 Å². The number of nitrogens with one attached hydrogen (secondary N) is 2. The van der Waals surface area contributed by atoms with Gasteiger partial charge in [0.25, 0.3) is 5.91 Å². The van der Waals surface area contributed by atoms with E-state index in [9.17, 15) is 9.59 Å². The Hall–Kier alpha value is -2.38. The monoisotopic (exact) mass is 405 g/mol. The van der Waals surface area contributed by atoms with Gasteiger partial charge in [0.15, 0.2) is 0 Å².